The first kappa shape index (κ1) is 18.2. The molecule has 0 bridgehead atoms. The number of nitrogens with one attached hydrogen (secondary N) is 2. The Morgan fingerprint density at radius 2 is 2.08 bits per heavy atom. The Hall–Kier alpha value is -2.65. The second-order valence-electron chi connectivity index (χ2n) is 5.94. The molecule has 136 valence electrons. The monoisotopic (exact) mass is 418 g/mol. The fourth-order valence-corrected chi connectivity index (χ4v) is 2.52. The van der Waals surface area contributed by atoms with Crippen LogP contribution in [0.5, 0.6) is 5.75 Å². The van der Waals surface area contributed by atoms with Crippen LogP contribution < -0.4 is 10.1 Å². The molecule has 0 radical (unpaired) electrons. The van der Waals surface area contributed by atoms with Gasteiger partial charge in [0.2, 0.25) is 0 Å². The van der Waals surface area contributed by atoms with Crippen molar-refractivity contribution in [1.29, 1.82) is 0 Å². The number of amides is 1. The second kappa shape index (κ2) is 8.15. The van der Waals surface area contributed by atoms with Crippen LogP contribution in [-0.4, -0.2) is 44.9 Å². The van der Waals surface area contributed by atoms with Gasteiger partial charge in [0.05, 0.1) is 5.69 Å². The molecular formula is C17H19BrN6O2. The van der Waals surface area contributed by atoms with Crippen molar-refractivity contribution in [2.45, 2.75) is 13.3 Å². The molecule has 0 spiro atoms. The summed E-state index contributed by atoms with van der Waals surface area (Å²) in [6.07, 6.45) is 1.69. The highest BCUT2D eigenvalue weighted by atomic mass is 79.9. The molecule has 1 aromatic carbocycles. The normalized spacial score (nSPS) is 10.9. The average molecular weight is 419 g/mol. The van der Waals surface area contributed by atoms with Crippen LogP contribution in [0.25, 0.3) is 0 Å². The number of anilines is 1. The van der Waals surface area contributed by atoms with Gasteiger partial charge in [-0.2, -0.15) is 10.2 Å². The number of aromatic nitrogens is 4. The highest BCUT2D eigenvalue weighted by molar-refractivity contribution is 9.10. The van der Waals surface area contributed by atoms with Gasteiger partial charge in [-0.15, -0.1) is 0 Å². The van der Waals surface area contributed by atoms with Gasteiger partial charge in [-0.3, -0.25) is 9.89 Å². The van der Waals surface area contributed by atoms with Crippen LogP contribution in [0.15, 0.2) is 47.1 Å². The lowest BCUT2D eigenvalue weighted by Crippen LogP contribution is -2.14. The molecule has 0 aliphatic rings. The van der Waals surface area contributed by atoms with E-state index in [1.54, 1.807) is 23.0 Å². The molecule has 26 heavy (non-hydrogen) atoms. The SMILES string of the molecule is CN(C)Cc1cc(NC(=O)c2ccn(COc3ccc(Br)cc3)n2)n[nH]1. The Bertz CT molecular complexity index is 872. The summed E-state index contributed by atoms with van der Waals surface area (Å²) >= 11 is 3.37. The molecule has 2 N–H and O–H groups in total. The van der Waals surface area contributed by atoms with E-state index in [0.29, 0.717) is 18.1 Å². The number of aromatic amines is 1. The van der Waals surface area contributed by atoms with Crippen molar-refractivity contribution in [3.8, 4) is 5.75 Å². The number of rotatable bonds is 7. The van der Waals surface area contributed by atoms with Crippen LogP contribution in [0.1, 0.15) is 16.2 Å². The molecule has 0 saturated carbocycles. The summed E-state index contributed by atoms with van der Waals surface area (Å²) < 4.78 is 8.16. The molecule has 3 rings (SSSR count). The van der Waals surface area contributed by atoms with Crippen molar-refractivity contribution in [2.24, 2.45) is 0 Å². The summed E-state index contributed by atoms with van der Waals surface area (Å²) in [7, 11) is 3.92. The molecule has 0 unspecified atom stereocenters. The molecule has 0 aliphatic carbocycles. The molecule has 1 amide bonds. The Morgan fingerprint density at radius 1 is 1.31 bits per heavy atom. The fraction of sp³-hybridized carbons (Fsp3) is 0.235. The maximum atomic E-state index is 12.3. The Labute approximate surface area is 159 Å². The molecule has 2 heterocycles. The van der Waals surface area contributed by atoms with E-state index in [9.17, 15) is 4.79 Å². The van der Waals surface area contributed by atoms with Crippen molar-refractivity contribution < 1.29 is 9.53 Å². The second-order valence-corrected chi connectivity index (χ2v) is 6.85. The lowest BCUT2D eigenvalue weighted by molar-refractivity contribution is 0.102. The zero-order chi connectivity index (χ0) is 18.5. The maximum absolute atomic E-state index is 12.3. The fourth-order valence-electron chi connectivity index (χ4n) is 2.25. The average Bonchev–Trinajstić information content (AvgIpc) is 3.23. The molecule has 0 atom stereocenters. The zero-order valence-electron chi connectivity index (χ0n) is 14.4. The molecule has 3 aromatic rings. The third kappa shape index (κ3) is 4.93. The summed E-state index contributed by atoms with van der Waals surface area (Å²) in [6.45, 7) is 0.926. The number of H-pyrrole nitrogens is 1. The lowest BCUT2D eigenvalue weighted by Gasteiger charge is -2.06. The van der Waals surface area contributed by atoms with Crippen LogP contribution in [0.2, 0.25) is 0 Å². The van der Waals surface area contributed by atoms with Gasteiger partial charge < -0.3 is 15.0 Å². The number of halogens is 1. The molecular weight excluding hydrogens is 400 g/mol. The molecule has 9 heteroatoms. The van der Waals surface area contributed by atoms with E-state index in [0.717, 1.165) is 15.9 Å². The summed E-state index contributed by atoms with van der Waals surface area (Å²) in [6, 6.07) is 10.9. The van der Waals surface area contributed by atoms with Gasteiger partial charge in [-0.05, 0) is 44.4 Å². The van der Waals surface area contributed by atoms with Crippen molar-refractivity contribution in [1.82, 2.24) is 24.9 Å². The van der Waals surface area contributed by atoms with Crippen molar-refractivity contribution in [3.05, 3.63) is 58.5 Å². The minimum Gasteiger partial charge on any atom is -0.471 e. The zero-order valence-corrected chi connectivity index (χ0v) is 16.0. The van der Waals surface area contributed by atoms with Gasteiger partial charge in [0, 0.05) is 23.3 Å². The smallest absolute Gasteiger partial charge is 0.277 e. The predicted molar refractivity (Wildman–Crippen MR) is 101 cm³/mol. The minimum absolute atomic E-state index is 0.213. The Morgan fingerprint density at radius 3 is 2.81 bits per heavy atom. The van der Waals surface area contributed by atoms with Crippen LogP contribution in [-0.2, 0) is 13.3 Å². The standard InChI is InChI=1S/C17H19BrN6O2/c1-23(2)10-13-9-16(21-20-13)19-17(25)15-7-8-24(22-15)11-26-14-5-3-12(18)4-6-14/h3-9H,10-11H2,1-2H3,(H2,19,20,21,25). The van der Waals surface area contributed by atoms with E-state index in [2.05, 4.69) is 36.5 Å². The van der Waals surface area contributed by atoms with Crippen LogP contribution in [0, 0.1) is 0 Å². The topological polar surface area (TPSA) is 88.1 Å². The van der Waals surface area contributed by atoms with Crippen LogP contribution in [0.4, 0.5) is 5.82 Å². The summed E-state index contributed by atoms with van der Waals surface area (Å²) in [5.41, 5.74) is 1.21. The first-order valence-corrected chi connectivity index (χ1v) is 8.71. The Balaban J connectivity index is 1.55. The van der Waals surface area contributed by atoms with E-state index in [1.165, 1.54) is 0 Å². The Kier molecular flexibility index (Phi) is 5.69. The number of benzene rings is 1. The van der Waals surface area contributed by atoms with Gasteiger partial charge >= 0.3 is 0 Å². The maximum Gasteiger partial charge on any atom is 0.277 e. The number of carbonyl (C=O) groups is 1. The third-order valence-electron chi connectivity index (χ3n) is 3.41. The lowest BCUT2D eigenvalue weighted by atomic mass is 10.3. The number of hydrogen-bond acceptors (Lipinski definition) is 5. The van der Waals surface area contributed by atoms with Gasteiger partial charge in [-0.1, -0.05) is 15.9 Å². The van der Waals surface area contributed by atoms with E-state index >= 15 is 0 Å². The van der Waals surface area contributed by atoms with Crippen molar-refractivity contribution >= 4 is 27.7 Å². The first-order chi connectivity index (χ1) is 12.5. The third-order valence-corrected chi connectivity index (χ3v) is 3.94. The number of nitrogens with zero attached hydrogens (tertiary/aromatic N) is 4. The number of ether oxygens (including phenoxy) is 1. The molecule has 2 aromatic heterocycles. The summed E-state index contributed by atoms with van der Waals surface area (Å²) in [4.78, 5) is 14.3. The van der Waals surface area contributed by atoms with Crippen LogP contribution >= 0.6 is 15.9 Å². The van der Waals surface area contributed by atoms with E-state index in [4.69, 9.17) is 4.74 Å². The highest BCUT2D eigenvalue weighted by Crippen LogP contribution is 2.16. The minimum atomic E-state index is -0.324. The number of carbonyl (C=O) groups excluding carboxylic acids is 1. The van der Waals surface area contributed by atoms with Gasteiger partial charge in [0.1, 0.15) is 5.75 Å². The molecule has 0 aliphatic heterocycles. The highest BCUT2D eigenvalue weighted by Gasteiger charge is 2.12. The first-order valence-electron chi connectivity index (χ1n) is 7.92. The van der Waals surface area contributed by atoms with E-state index in [-0.39, 0.29) is 12.6 Å². The molecule has 8 nitrogen and oxygen atoms in total. The van der Waals surface area contributed by atoms with Crippen LogP contribution in [0.3, 0.4) is 0 Å². The van der Waals surface area contributed by atoms with E-state index in [1.807, 2.05) is 43.3 Å². The molecule has 0 saturated heterocycles. The summed E-state index contributed by atoms with van der Waals surface area (Å²) in [5.74, 6) is 0.863. The van der Waals surface area contributed by atoms with Crippen molar-refractivity contribution in [2.75, 3.05) is 19.4 Å². The van der Waals surface area contributed by atoms with E-state index < -0.39 is 0 Å². The molecule has 0 fully saturated rings. The van der Waals surface area contributed by atoms with Gasteiger partial charge in [0.15, 0.2) is 18.2 Å². The van der Waals surface area contributed by atoms with Crippen molar-refractivity contribution in [3.63, 3.8) is 0 Å². The summed E-state index contributed by atoms with van der Waals surface area (Å²) in [5, 5.41) is 13.9. The van der Waals surface area contributed by atoms with Gasteiger partial charge in [0.25, 0.3) is 5.91 Å². The number of hydrogen-bond donors (Lipinski definition) is 2. The van der Waals surface area contributed by atoms with Gasteiger partial charge in [-0.25, -0.2) is 4.68 Å². The largest absolute Gasteiger partial charge is 0.471 e. The quantitative estimate of drug-likeness (QED) is 0.615. The predicted octanol–water partition coefficient (Wildman–Crippen LogP) is 2.72.